The molecule has 0 radical (unpaired) electrons. The van der Waals surface area contributed by atoms with Crippen molar-refractivity contribution >= 4 is 5.91 Å². The molecule has 124 valence electrons. The third-order valence-corrected chi connectivity index (χ3v) is 5.20. The maximum atomic E-state index is 12.9. The van der Waals surface area contributed by atoms with Crippen LogP contribution in [0.4, 0.5) is 0 Å². The van der Waals surface area contributed by atoms with Gasteiger partial charge in [0.2, 0.25) is 0 Å². The predicted molar refractivity (Wildman–Crippen MR) is 95.8 cm³/mol. The van der Waals surface area contributed by atoms with Crippen LogP contribution in [0.2, 0.25) is 0 Å². The quantitative estimate of drug-likeness (QED) is 0.864. The minimum atomic E-state index is 0.160. The fraction of sp³-hybridized carbons (Fsp3) is 0.381. The highest BCUT2D eigenvalue weighted by atomic mass is 16.2. The molecule has 0 bridgehead atoms. The summed E-state index contributed by atoms with van der Waals surface area (Å²) in [5.74, 6) is 0.160. The van der Waals surface area contributed by atoms with E-state index in [0.717, 1.165) is 31.6 Å². The van der Waals surface area contributed by atoms with Crippen molar-refractivity contribution in [2.24, 2.45) is 0 Å². The van der Waals surface area contributed by atoms with E-state index in [2.05, 4.69) is 41.3 Å². The van der Waals surface area contributed by atoms with Gasteiger partial charge in [0, 0.05) is 25.2 Å². The van der Waals surface area contributed by atoms with E-state index in [1.54, 1.807) is 0 Å². The maximum absolute atomic E-state index is 12.9. The molecule has 0 aromatic heterocycles. The lowest BCUT2D eigenvalue weighted by Gasteiger charge is -2.29. The SMILES string of the molecule is O=C(c1cccc(CN2CCCC2)c1)N1CCc2ccccc2C1. The van der Waals surface area contributed by atoms with Gasteiger partial charge in [0.1, 0.15) is 0 Å². The van der Waals surface area contributed by atoms with Crippen molar-refractivity contribution in [3.05, 3.63) is 70.8 Å². The van der Waals surface area contributed by atoms with Gasteiger partial charge in [0.15, 0.2) is 0 Å². The first kappa shape index (κ1) is 15.4. The van der Waals surface area contributed by atoms with Crippen LogP contribution < -0.4 is 0 Å². The number of hydrogen-bond donors (Lipinski definition) is 0. The molecule has 2 aromatic carbocycles. The van der Waals surface area contributed by atoms with Gasteiger partial charge in [-0.3, -0.25) is 9.69 Å². The van der Waals surface area contributed by atoms with Crippen LogP contribution in [-0.2, 0) is 19.5 Å². The fourth-order valence-corrected chi connectivity index (χ4v) is 3.85. The minimum Gasteiger partial charge on any atom is -0.334 e. The van der Waals surface area contributed by atoms with E-state index in [1.807, 2.05) is 17.0 Å². The molecule has 2 aromatic rings. The van der Waals surface area contributed by atoms with E-state index < -0.39 is 0 Å². The number of carbonyl (C=O) groups is 1. The number of carbonyl (C=O) groups excluding carboxylic acids is 1. The van der Waals surface area contributed by atoms with Crippen molar-refractivity contribution in [3.8, 4) is 0 Å². The summed E-state index contributed by atoms with van der Waals surface area (Å²) < 4.78 is 0. The molecule has 24 heavy (non-hydrogen) atoms. The van der Waals surface area contributed by atoms with Gasteiger partial charge in [-0.2, -0.15) is 0 Å². The number of benzene rings is 2. The smallest absolute Gasteiger partial charge is 0.254 e. The Morgan fingerprint density at radius 3 is 2.54 bits per heavy atom. The van der Waals surface area contributed by atoms with Crippen LogP contribution in [0.5, 0.6) is 0 Å². The molecule has 1 saturated heterocycles. The lowest BCUT2D eigenvalue weighted by molar-refractivity contribution is 0.0734. The lowest BCUT2D eigenvalue weighted by Crippen LogP contribution is -2.36. The summed E-state index contributed by atoms with van der Waals surface area (Å²) in [6.45, 7) is 4.86. The first-order chi connectivity index (χ1) is 11.8. The number of likely N-dealkylation sites (tertiary alicyclic amines) is 1. The molecule has 0 N–H and O–H groups in total. The summed E-state index contributed by atoms with van der Waals surface area (Å²) >= 11 is 0. The summed E-state index contributed by atoms with van der Waals surface area (Å²) in [5.41, 5.74) is 4.74. The molecular weight excluding hydrogens is 296 g/mol. The second kappa shape index (κ2) is 6.78. The largest absolute Gasteiger partial charge is 0.334 e. The van der Waals surface area contributed by atoms with Gasteiger partial charge in [-0.05, 0) is 61.2 Å². The lowest BCUT2D eigenvalue weighted by atomic mass is 9.99. The minimum absolute atomic E-state index is 0.160. The van der Waals surface area contributed by atoms with Gasteiger partial charge < -0.3 is 4.90 Å². The van der Waals surface area contributed by atoms with Crippen LogP contribution in [0.3, 0.4) is 0 Å². The van der Waals surface area contributed by atoms with Crippen LogP contribution in [0.25, 0.3) is 0 Å². The van der Waals surface area contributed by atoms with Crippen molar-refractivity contribution in [1.29, 1.82) is 0 Å². The van der Waals surface area contributed by atoms with Crippen molar-refractivity contribution in [2.75, 3.05) is 19.6 Å². The molecular formula is C21H24N2O. The molecule has 1 amide bonds. The zero-order chi connectivity index (χ0) is 16.4. The first-order valence-electron chi connectivity index (χ1n) is 8.97. The van der Waals surface area contributed by atoms with E-state index in [1.165, 1.54) is 42.6 Å². The molecule has 0 spiro atoms. The van der Waals surface area contributed by atoms with Crippen molar-refractivity contribution in [1.82, 2.24) is 9.80 Å². The highest BCUT2D eigenvalue weighted by Crippen LogP contribution is 2.21. The Morgan fingerprint density at radius 1 is 0.917 bits per heavy atom. The van der Waals surface area contributed by atoms with Crippen LogP contribution in [0.1, 0.15) is 39.9 Å². The van der Waals surface area contributed by atoms with Gasteiger partial charge in [-0.1, -0.05) is 36.4 Å². The number of amides is 1. The van der Waals surface area contributed by atoms with Crippen LogP contribution in [-0.4, -0.2) is 35.3 Å². The van der Waals surface area contributed by atoms with Crippen molar-refractivity contribution in [3.63, 3.8) is 0 Å². The fourth-order valence-electron chi connectivity index (χ4n) is 3.85. The Kier molecular flexibility index (Phi) is 4.35. The second-order valence-electron chi connectivity index (χ2n) is 6.93. The van der Waals surface area contributed by atoms with Crippen LogP contribution in [0.15, 0.2) is 48.5 Å². The average molecular weight is 320 g/mol. The average Bonchev–Trinajstić information content (AvgIpc) is 3.14. The zero-order valence-corrected chi connectivity index (χ0v) is 14.1. The summed E-state index contributed by atoms with van der Waals surface area (Å²) in [7, 11) is 0. The van der Waals surface area contributed by atoms with E-state index in [0.29, 0.717) is 0 Å². The van der Waals surface area contributed by atoms with E-state index >= 15 is 0 Å². The first-order valence-corrected chi connectivity index (χ1v) is 8.97. The Hall–Kier alpha value is -2.13. The Balaban J connectivity index is 1.48. The highest BCUT2D eigenvalue weighted by molar-refractivity contribution is 5.94. The highest BCUT2D eigenvalue weighted by Gasteiger charge is 2.22. The van der Waals surface area contributed by atoms with Gasteiger partial charge in [0.05, 0.1) is 0 Å². The normalized spacial score (nSPS) is 17.8. The van der Waals surface area contributed by atoms with Gasteiger partial charge in [-0.15, -0.1) is 0 Å². The number of fused-ring (bicyclic) bond motifs is 1. The van der Waals surface area contributed by atoms with Gasteiger partial charge >= 0.3 is 0 Å². The van der Waals surface area contributed by atoms with Crippen LogP contribution >= 0.6 is 0 Å². The van der Waals surface area contributed by atoms with E-state index in [-0.39, 0.29) is 5.91 Å². The molecule has 0 aliphatic carbocycles. The number of hydrogen-bond acceptors (Lipinski definition) is 2. The molecule has 3 nitrogen and oxygen atoms in total. The number of nitrogens with zero attached hydrogens (tertiary/aromatic N) is 2. The molecule has 2 aliphatic rings. The van der Waals surface area contributed by atoms with E-state index in [4.69, 9.17) is 0 Å². The summed E-state index contributed by atoms with van der Waals surface area (Å²) in [6, 6.07) is 16.7. The summed E-state index contributed by atoms with van der Waals surface area (Å²) in [4.78, 5) is 17.4. The molecule has 0 saturated carbocycles. The molecule has 0 atom stereocenters. The summed E-state index contributed by atoms with van der Waals surface area (Å²) in [5, 5.41) is 0. The third kappa shape index (κ3) is 3.22. The standard InChI is InChI=1S/C21H24N2O/c24-21(23-13-10-18-7-1-2-8-20(18)16-23)19-9-5-6-17(14-19)15-22-11-3-4-12-22/h1-2,5-9,14H,3-4,10-13,15-16H2. The van der Waals surface area contributed by atoms with Crippen molar-refractivity contribution < 1.29 is 4.79 Å². The third-order valence-electron chi connectivity index (χ3n) is 5.20. The van der Waals surface area contributed by atoms with Crippen molar-refractivity contribution in [2.45, 2.75) is 32.4 Å². The van der Waals surface area contributed by atoms with E-state index in [9.17, 15) is 4.79 Å². The monoisotopic (exact) mass is 320 g/mol. The van der Waals surface area contributed by atoms with Gasteiger partial charge in [-0.25, -0.2) is 0 Å². The Morgan fingerprint density at radius 2 is 1.71 bits per heavy atom. The Bertz CT molecular complexity index is 734. The summed E-state index contributed by atoms with van der Waals surface area (Å²) in [6.07, 6.45) is 3.55. The molecule has 4 rings (SSSR count). The topological polar surface area (TPSA) is 23.6 Å². The zero-order valence-electron chi connectivity index (χ0n) is 14.1. The Labute approximate surface area is 143 Å². The molecule has 0 unspecified atom stereocenters. The predicted octanol–water partition coefficient (Wildman–Crippen LogP) is 3.48. The maximum Gasteiger partial charge on any atom is 0.254 e. The van der Waals surface area contributed by atoms with Gasteiger partial charge in [0.25, 0.3) is 5.91 Å². The molecule has 2 aliphatic heterocycles. The number of rotatable bonds is 3. The second-order valence-corrected chi connectivity index (χ2v) is 6.93. The molecule has 3 heteroatoms. The molecule has 1 fully saturated rings. The van der Waals surface area contributed by atoms with Crippen LogP contribution in [0, 0.1) is 0 Å². The molecule has 2 heterocycles.